The summed E-state index contributed by atoms with van der Waals surface area (Å²) in [6.45, 7) is -0.214. The Balaban J connectivity index is 1.39. The number of anilines is 1. The quantitative estimate of drug-likeness (QED) is 0.290. The second kappa shape index (κ2) is 13.4. The van der Waals surface area contributed by atoms with Crippen LogP contribution in [0.25, 0.3) is 0 Å². The first-order valence-corrected chi connectivity index (χ1v) is 13.2. The molecule has 1 saturated heterocycles. The lowest BCUT2D eigenvalue weighted by atomic mass is 10.0. The molecule has 0 spiro atoms. The average Bonchev–Trinajstić information content (AvgIpc) is 3.01. The molecular formula is C30H31N5O7. The third-order valence-electron chi connectivity index (χ3n) is 6.97. The largest absolute Gasteiger partial charge is 0.497 e. The van der Waals surface area contributed by atoms with Crippen LogP contribution in [0.3, 0.4) is 0 Å². The van der Waals surface area contributed by atoms with Crippen molar-refractivity contribution in [1.29, 1.82) is 0 Å². The summed E-state index contributed by atoms with van der Waals surface area (Å²) in [5.41, 5.74) is 1.56. The molecule has 218 valence electrons. The number of nitro benzene ring substituents is 1. The highest BCUT2D eigenvalue weighted by Gasteiger charge is 2.31. The van der Waals surface area contributed by atoms with Crippen LogP contribution < -0.4 is 15.0 Å². The molecule has 0 saturated carbocycles. The fraction of sp³-hybridized carbons (Fsp3) is 0.267. The normalized spacial score (nSPS) is 13.7. The third kappa shape index (κ3) is 7.27. The van der Waals surface area contributed by atoms with Crippen molar-refractivity contribution >= 4 is 35.0 Å². The minimum Gasteiger partial charge on any atom is -0.497 e. The molecule has 0 radical (unpaired) electrons. The van der Waals surface area contributed by atoms with E-state index in [0.717, 1.165) is 5.56 Å². The van der Waals surface area contributed by atoms with Crippen LogP contribution in [0.2, 0.25) is 0 Å². The monoisotopic (exact) mass is 573 g/mol. The molecule has 0 aliphatic carbocycles. The van der Waals surface area contributed by atoms with E-state index >= 15 is 0 Å². The molecular weight excluding hydrogens is 542 g/mol. The first-order valence-electron chi connectivity index (χ1n) is 13.2. The molecule has 4 amide bonds. The van der Waals surface area contributed by atoms with Crippen LogP contribution in [0.4, 0.5) is 11.4 Å². The molecule has 1 atom stereocenters. The molecule has 12 nitrogen and oxygen atoms in total. The van der Waals surface area contributed by atoms with Crippen molar-refractivity contribution < 1.29 is 28.8 Å². The number of amides is 4. The fourth-order valence-corrected chi connectivity index (χ4v) is 4.59. The van der Waals surface area contributed by atoms with E-state index in [0.29, 0.717) is 11.4 Å². The molecule has 42 heavy (non-hydrogen) atoms. The topological polar surface area (TPSA) is 142 Å². The van der Waals surface area contributed by atoms with E-state index in [-0.39, 0.29) is 49.8 Å². The molecule has 0 bridgehead atoms. The van der Waals surface area contributed by atoms with Gasteiger partial charge in [0, 0.05) is 49.9 Å². The number of nitrogens with one attached hydrogen (secondary N) is 1. The molecule has 1 fully saturated rings. The fourth-order valence-electron chi connectivity index (χ4n) is 4.59. The van der Waals surface area contributed by atoms with Crippen LogP contribution >= 0.6 is 0 Å². The lowest BCUT2D eigenvalue weighted by Crippen LogP contribution is -2.56. The number of carbonyl (C=O) groups is 4. The van der Waals surface area contributed by atoms with Crippen LogP contribution in [-0.2, 0) is 20.8 Å². The molecule has 0 aromatic heterocycles. The van der Waals surface area contributed by atoms with Gasteiger partial charge in [0.1, 0.15) is 18.3 Å². The van der Waals surface area contributed by atoms with Crippen molar-refractivity contribution in [2.45, 2.75) is 12.5 Å². The zero-order valence-electron chi connectivity index (χ0n) is 23.3. The van der Waals surface area contributed by atoms with Gasteiger partial charge in [-0.25, -0.2) is 0 Å². The van der Waals surface area contributed by atoms with Gasteiger partial charge in [0.25, 0.3) is 11.6 Å². The van der Waals surface area contributed by atoms with Gasteiger partial charge in [0.2, 0.25) is 17.7 Å². The number of nitrogens with zero attached hydrogens (tertiary/aromatic N) is 4. The van der Waals surface area contributed by atoms with Gasteiger partial charge in [-0.1, -0.05) is 30.3 Å². The summed E-state index contributed by atoms with van der Waals surface area (Å²) in [5, 5.41) is 13.7. The zero-order valence-corrected chi connectivity index (χ0v) is 23.3. The smallest absolute Gasteiger partial charge is 0.269 e. The van der Waals surface area contributed by atoms with Gasteiger partial charge in [0.15, 0.2) is 0 Å². The van der Waals surface area contributed by atoms with E-state index in [1.807, 2.05) is 30.3 Å². The average molecular weight is 574 g/mol. The van der Waals surface area contributed by atoms with E-state index in [1.165, 1.54) is 39.0 Å². The van der Waals surface area contributed by atoms with Crippen LogP contribution in [0, 0.1) is 10.1 Å². The highest BCUT2D eigenvalue weighted by molar-refractivity contribution is 6.00. The number of hydrogen-bond acceptors (Lipinski definition) is 7. The van der Waals surface area contributed by atoms with Crippen LogP contribution in [0.15, 0.2) is 78.9 Å². The Hall–Kier alpha value is -5.26. The minimum absolute atomic E-state index is 0.119. The van der Waals surface area contributed by atoms with Crippen molar-refractivity contribution in [2.24, 2.45) is 0 Å². The van der Waals surface area contributed by atoms with Crippen molar-refractivity contribution in [3.63, 3.8) is 0 Å². The van der Waals surface area contributed by atoms with Crippen LogP contribution in [0.5, 0.6) is 5.75 Å². The SMILES string of the molecule is COc1ccc(N(C)C(=O)[C@H](Cc2ccccc2)NC(=O)CN2CCN(C(=O)c3ccc([N+](=O)[O-])cc3)CC2=O)cc1. The molecule has 3 aromatic rings. The van der Waals surface area contributed by atoms with Crippen LogP contribution in [-0.4, -0.2) is 84.7 Å². The number of piperazine rings is 1. The minimum atomic E-state index is -0.896. The number of carbonyl (C=O) groups excluding carboxylic acids is 4. The molecule has 1 heterocycles. The number of hydrogen-bond donors (Lipinski definition) is 1. The first-order chi connectivity index (χ1) is 20.2. The Morgan fingerprint density at radius 1 is 1.00 bits per heavy atom. The van der Waals surface area contributed by atoms with Crippen molar-refractivity contribution in [3.05, 3.63) is 100 Å². The highest BCUT2D eigenvalue weighted by atomic mass is 16.6. The van der Waals surface area contributed by atoms with Gasteiger partial charge in [0.05, 0.1) is 18.6 Å². The molecule has 12 heteroatoms. The molecule has 0 unspecified atom stereocenters. The highest BCUT2D eigenvalue weighted by Crippen LogP contribution is 2.20. The Kier molecular flexibility index (Phi) is 9.48. The van der Waals surface area contributed by atoms with Gasteiger partial charge in [-0.3, -0.25) is 29.3 Å². The standard InChI is InChI=1S/C30H31N5O7/c1-32(23-12-14-25(42-2)15-13-23)30(39)26(18-21-6-4-3-5-7-21)31-27(36)19-33-16-17-34(20-28(33)37)29(38)22-8-10-24(11-9-22)35(40)41/h3-15,26H,16-20H2,1-2H3,(H,31,36)/t26-/m0/s1. The van der Waals surface area contributed by atoms with Gasteiger partial charge in [-0.2, -0.15) is 0 Å². The number of rotatable bonds is 10. The maximum atomic E-state index is 13.5. The predicted octanol–water partition coefficient (Wildman–Crippen LogP) is 2.28. The molecule has 1 N–H and O–H groups in total. The van der Waals surface area contributed by atoms with Crippen molar-refractivity contribution in [1.82, 2.24) is 15.1 Å². The van der Waals surface area contributed by atoms with E-state index in [2.05, 4.69) is 5.32 Å². The Morgan fingerprint density at radius 2 is 1.67 bits per heavy atom. The second-order valence-electron chi connectivity index (χ2n) is 9.75. The van der Waals surface area contributed by atoms with Crippen molar-refractivity contribution in [3.8, 4) is 5.75 Å². The Labute approximate surface area is 242 Å². The Bertz CT molecular complexity index is 1450. The number of likely N-dealkylation sites (N-methyl/N-ethyl adjacent to an activating group) is 1. The summed E-state index contributed by atoms with van der Waals surface area (Å²) in [6.07, 6.45) is 0.247. The summed E-state index contributed by atoms with van der Waals surface area (Å²) in [4.78, 5) is 66.7. The summed E-state index contributed by atoms with van der Waals surface area (Å²) in [6, 6.07) is 20.5. The predicted molar refractivity (Wildman–Crippen MR) is 154 cm³/mol. The van der Waals surface area contributed by atoms with Gasteiger partial charge < -0.3 is 24.8 Å². The molecule has 1 aliphatic heterocycles. The number of non-ortho nitro benzene ring substituents is 1. The van der Waals surface area contributed by atoms with Gasteiger partial charge in [-0.05, 0) is 42.0 Å². The summed E-state index contributed by atoms with van der Waals surface area (Å²) in [7, 11) is 3.18. The summed E-state index contributed by atoms with van der Waals surface area (Å²) < 4.78 is 5.19. The molecule has 1 aliphatic rings. The van der Waals surface area contributed by atoms with Gasteiger partial charge in [-0.15, -0.1) is 0 Å². The maximum Gasteiger partial charge on any atom is 0.269 e. The van der Waals surface area contributed by atoms with E-state index in [9.17, 15) is 29.3 Å². The van der Waals surface area contributed by atoms with E-state index in [1.54, 1.807) is 38.4 Å². The Morgan fingerprint density at radius 3 is 2.26 bits per heavy atom. The zero-order chi connectivity index (χ0) is 30.2. The van der Waals surface area contributed by atoms with Crippen LogP contribution in [0.1, 0.15) is 15.9 Å². The number of ether oxygens (including phenoxy) is 1. The second-order valence-corrected chi connectivity index (χ2v) is 9.75. The summed E-state index contributed by atoms with van der Waals surface area (Å²) in [5.74, 6) is -1.04. The molecule has 3 aromatic carbocycles. The summed E-state index contributed by atoms with van der Waals surface area (Å²) >= 11 is 0. The van der Waals surface area contributed by atoms with E-state index in [4.69, 9.17) is 4.74 Å². The number of nitro groups is 1. The van der Waals surface area contributed by atoms with Crippen molar-refractivity contribution in [2.75, 3.05) is 45.2 Å². The lowest BCUT2D eigenvalue weighted by molar-refractivity contribution is -0.384. The maximum absolute atomic E-state index is 13.5. The lowest BCUT2D eigenvalue weighted by Gasteiger charge is -2.34. The first kappa shape index (κ1) is 29.7. The number of benzene rings is 3. The number of methoxy groups -OCH3 is 1. The van der Waals surface area contributed by atoms with Gasteiger partial charge >= 0.3 is 0 Å². The third-order valence-corrected chi connectivity index (χ3v) is 6.97. The molecule has 4 rings (SSSR count). The van der Waals surface area contributed by atoms with E-state index < -0.39 is 28.7 Å².